The molecule has 0 aliphatic carbocycles. The van der Waals surface area contributed by atoms with E-state index in [0.29, 0.717) is 44.0 Å². The minimum absolute atomic E-state index is 0.0518. The highest BCUT2D eigenvalue weighted by molar-refractivity contribution is 7.89. The molecule has 0 aromatic heterocycles. The number of nitrogens with zero attached hydrogens (tertiary/aromatic N) is 2. The van der Waals surface area contributed by atoms with Gasteiger partial charge in [0, 0.05) is 39.1 Å². The van der Waals surface area contributed by atoms with Gasteiger partial charge in [-0.2, -0.15) is 4.31 Å². The first-order valence-electron chi connectivity index (χ1n) is 11.1. The van der Waals surface area contributed by atoms with E-state index in [1.165, 1.54) is 9.87 Å². The molecule has 3 rings (SSSR count). The number of rotatable bonds is 10. The highest BCUT2D eigenvalue weighted by Gasteiger charge is 2.27. The minimum atomic E-state index is -3.47. The lowest BCUT2D eigenvalue weighted by molar-refractivity contribution is -0.121. The summed E-state index contributed by atoms with van der Waals surface area (Å²) in [6.07, 6.45) is 2.00. The molecule has 2 aromatic rings. The Kier molecular flexibility index (Phi) is 8.67. The van der Waals surface area contributed by atoms with Crippen molar-refractivity contribution in [2.75, 3.05) is 39.8 Å². The van der Waals surface area contributed by atoms with Gasteiger partial charge in [0.15, 0.2) is 0 Å². The van der Waals surface area contributed by atoms with E-state index < -0.39 is 10.0 Å². The van der Waals surface area contributed by atoms with E-state index >= 15 is 0 Å². The molecule has 1 saturated heterocycles. The number of sulfonamides is 1. The maximum absolute atomic E-state index is 12.8. The predicted molar refractivity (Wildman–Crippen MR) is 125 cm³/mol. The number of carbonyl (C=O) groups is 1. The predicted octanol–water partition coefficient (Wildman–Crippen LogP) is 2.66. The van der Waals surface area contributed by atoms with Gasteiger partial charge >= 0.3 is 0 Å². The monoisotopic (exact) mass is 459 g/mol. The number of benzene rings is 2. The van der Waals surface area contributed by atoms with Crippen molar-refractivity contribution in [3.63, 3.8) is 0 Å². The van der Waals surface area contributed by atoms with Crippen LogP contribution in [0, 0.1) is 0 Å². The summed E-state index contributed by atoms with van der Waals surface area (Å²) in [4.78, 5) is 14.5. The first-order chi connectivity index (χ1) is 15.4. The number of carbonyl (C=O) groups excluding carboxylic acids is 1. The molecule has 0 bridgehead atoms. The fourth-order valence-corrected chi connectivity index (χ4v) is 4.91. The van der Waals surface area contributed by atoms with Crippen LogP contribution in [0.2, 0.25) is 0 Å². The second-order valence-corrected chi connectivity index (χ2v) is 10.0. The quantitative estimate of drug-likeness (QED) is 0.553. The molecule has 8 heteroatoms. The molecule has 1 amide bonds. The second kappa shape index (κ2) is 11.4. The average molecular weight is 460 g/mol. The Bertz CT molecular complexity index is 967. The molecule has 1 N–H and O–H groups in total. The van der Waals surface area contributed by atoms with Gasteiger partial charge in [0.1, 0.15) is 5.75 Å². The molecule has 2 aromatic carbocycles. The van der Waals surface area contributed by atoms with Crippen LogP contribution in [0.25, 0.3) is 0 Å². The van der Waals surface area contributed by atoms with E-state index in [1.807, 2.05) is 31.3 Å². The summed E-state index contributed by atoms with van der Waals surface area (Å²) in [6, 6.07) is 14.7. The van der Waals surface area contributed by atoms with Crippen molar-refractivity contribution in [1.29, 1.82) is 0 Å². The average Bonchev–Trinajstić information content (AvgIpc) is 2.81. The zero-order chi connectivity index (χ0) is 23.0. The van der Waals surface area contributed by atoms with Gasteiger partial charge in [-0.05, 0) is 55.3 Å². The van der Waals surface area contributed by atoms with Gasteiger partial charge in [-0.15, -0.1) is 0 Å². The van der Waals surface area contributed by atoms with Crippen LogP contribution in [0.1, 0.15) is 30.9 Å². The third-order valence-corrected chi connectivity index (χ3v) is 7.57. The van der Waals surface area contributed by atoms with Crippen LogP contribution < -0.4 is 10.1 Å². The van der Waals surface area contributed by atoms with Crippen molar-refractivity contribution >= 4 is 15.9 Å². The number of aryl methyl sites for hydroxylation is 1. The number of ether oxygens (including phenoxy) is 1. The summed E-state index contributed by atoms with van der Waals surface area (Å²) in [5.74, 6) is 0.762. The third kappa shape index (κ3) is 6.79. The summed E-state index contributed by atoms with van der Waals surface area (Å²) in [7, 11) is -1.48. The van der Waals surface area contributed by atoms with E-state index in [4.69, 9.17) is 4.74 Å². The Morgan fingerprint density at radius 1 is 0.969 bits per heavy atom. The Balaban J connectivity index is 1.39. The first-order valence-corrected chi connectivity index (χ1v) is 12.6. The smallest absolute Gasteiger partial charge is 0.243 e. The SMILES string of the molecule is CCc1ccc(OCCCC(=O)NCc2ccc(S(=O)(=O)N3CCN(C)CC3)cc2)cc1. The number of likely N-dealkylation sites (N-methyl/N-ethyl adjacent to an activating group) is 1. The first kappa shape index (κ1) is 24.2. The summed E-state index contributed by atoms with van der Waals surface area (Å²) in [5, 5.41) is 2.88. The van der Waals surface area contributed by atoms with E-state index in [-0.39, 0.29) is 5.91 Å². The number of amides is 1. The molecular weight excluding hydrogens is 426 g/mol. The van der Waals surface area contributed by atoms with Crippen molar-refractivity contribution in [3.05, 3.63) is 59.7 Å². The molecule has 0 radical (unpaired) electrons. The van der Waals surface area contributed by atoms with Crippen LogP contribution in [-0.2, 0) is 27.8 Å². The van der Waals surface area contributed by atoms with Crippen molar-refractivity contribution in [3.8, 4) is 5.75 Å². The molecule has 0 spiro atoms. The molecule has 1 aliphatic heterocycles. The molecule has 32 heavy (non-hydrogen) atoms. The van der Waals surface area contributed by atoms with Gasteiger partial charge in [0.05, 0.1) is 11.5 Å². The van der Waals surface area contributed by atoms with Gasteiger partial charge < -0.3 is 15.0 Å². The molecule has 0 unspecified atom stereocenters. The van der Waals surface area contributed by atoms with Gasteiger partial charge in [-0.25, -0.2) is 8.42 Å². The lowest BCUT2D eigenvalue weighted by Crippen LogP contribution is -2.47. The topological polar surface area (TPSA) is 78.9 Å². The van der Waals surface area contributed by atoms with Crippen LogP contribution in [0.3, 0.4) is 0 Å². The van der Waals surface area contributed by atoms with Crippen LogP contribution in [0.15, 0.2) is 53.4 Å². The molecule has 1 heterocycles. The fourth-order valence-electron chi connectivity index (χ4n) is 3.49. The van der Waals surface area contributed by atoms with E-state index in [9.17, 15) is 13.2 Å². The third-order valence-electron chi connectivity index (χ3n) is 5.66. The fraction of sp³-hybridized carbons (Fsp3) is 0.458. The summed E-state index contributed by atoms with van der Waals surface area (Å²) < 4.78 is 32.8. The Hall–Kier alpha value is -2.42. The van der Waals surface area contributed by atoms with Crippen LogP contribution in [0.5, 0.6) is 5.75 Å². The van der Waals surface area contributed by atoms with Gasteiger partial charge in [0.25, 0.3) is 0 Å². The molecule has 174 valence electrons. The summed E-state index contributed by atoms with van der Waals surface area (Å²) in [6.45, 7) is 5.44. The van der Waals surface area contributed by atoms with Crippen molar-refractivity contribution in [2.24, 2.45) is 0 Å². The van der Waals surface area contributed by atoms with Gasteiger partial charge in [-0.1, -0.05) is 31.2 Å². The largest absolute Gasteiger partial charge is 0.494 e. The van der Waals surface area contributed by atoms with Gasteiger partial charge in [0.2, 0.25) is 15.9 Å². The summed E-state index contributed by atoms with van der Waals surface area (Å²) in [5.41, 5.74) is 2.13. The van der Waals surface area contributed by atoms with Crippen LogP contribution in [-0.4, -0.2) is 63.4 Å². The van der Waals surface area contributed by atoms with E-state index in [2.05, 4.69) is 17.1 Å². The minimum Gasteiger partial charge on any atom is -0.494 e. The van der Waals surface area contributed by atoms with E-state index in [0.717, 1.165) is 30.8 Å². The van der Waals surface area contributed by atoms with Crippen LogP contribution >= 0.6 is 0 Å². The molecule has 0 saturated carbocycles. The lowest BCUT2D eigenvalue weighted by Gasteiger charge is -2.31. The molecule has 7 nitrogen and oxygen atoms in total. The molecule has 1 aliphatic rings. The zero-order valence-corrected chi connectivity index (χ0v) is 19.7. The molecule has 0 atom stereocenters. The summed E-state index contributed by atoms with van der Waals surface area (Å²) >= 11 is 0. The lowest BCUT2D eigenvalue weighted by atomic mass is 10.2. The van der Waals surface area contributed by atoms with Crippen molar-refractivity contribution in [1.82, 2.24) is 14.5 Å². The normalized spacial score (nSPS) is 15.4. The molecule has 1 fully saturated rings. The maximum Gasteiger partial charge on any atom is 0.243 e. The highest BCUT2D eigenvalue weighted by Crippen LogP contribution is 2.18. The number of hydrogen-bond donors (Lipinski definition) is 1. The van der Waals surface area contributed by atoms with Crippen LogP contribution in [0.4, 0.5) is 0 Å². The van der Waals surface area contributed by atoms with Crippen molar-refractivity contribution < 1.29 is 17.9 Å². The standard InChI is InChI=1S/C24H33N3O4S/c1-3-20-6-10-22(11-7-20)31-18-4-5-24(28)25-19-21-8-12-23(13-9-21)32(29,30)27-16-14-26(2)15-17-27/h6-13H,3-5,14-19H2,1-2H3,(H,25,28). The molecular formula is C24H33N3O4S. The zero-order valence-electron chi connectivity index (χ0n) is 18.9. The van der Waals surface area contributed by atoms with Crippen molar-refractivity contribution in [2.45, 2.75) is 37.6 Å². The van der Waals surface area contributed by atoms with Gasteiger partial charge in [-0.3, -0.25) is 4.79 Å². The number of piperazine rings is 1. The second-order valence-electron chi connectivity index (χ2n) is 8.08. The Labute approximate surface area is 191 Å². The maximum atomic E-state index is 12.8. The number of nitrogens with one attached hydrogen (secondary N) is 1. The highest BCUT2D eigenvalue weighted by atomic mass is 32.2. The number of hydrogen-bond acceptors (Lipinski definition) is 5. The Morgan fingerprint density at radius 2 is 1.59 bits per heavy atom. The van der Waals surface area contributed by atoms with E-state index in [1.54, 1.807) is 24.3 Å². The Morgan fingerprint density at radius 3 is 2.22 bits per heavy atom.